The summed E-state index contributed by atoms with van der Waals surface area (Å²) in [5, 5.41) is 2.68. The van der Waals surface area contributed by atoms with E-state index < -0.39 is 11.7 Å². The van der Waals surface area contributed by atoms with Crippen molar-refractivity contribution in [2.24, 2.45) is 0 Å². The lowest BCUT2D eigenvalue weighted by Crippen LogP contribution is -2.12. The third-order valence-corrected chi connectivity index (χ3v) is 2.15. The normalized spacial score (nSPS) is 10.9. The molecular weight excluding hydrogens is 229 g/mol. The van der Waals surface area contributed by atoms with Gasteiger partial charge in [0, 0.05) is 19.2 Å². The van der Waals surface area contributed by atoms with Crippen molar-refractivity contribution in [2.45, 2.75) is 25.4 Å². The van der Waals surface area contributed by atoms with Crippen LogP contribution < -0.4 is 5.32 Å². The zero-order valence-electron chi connectivity index (χ0n) is 9.22. The lowest BCUT2D eigenvalue weighted by molar-refractivity contribution is -0.137. The van der Waals surface area contributed by atoms with Crippen molar-refractivity contribution in [3.05, 3.63) is 23.9 Å². The first-order valence-electron chi connectivity index (χ1n) is 5.25. The van der Waals surface area contributed by atoms with Gasteiger partial charge in [-0.2, -0.15) is 13.2 Å². The van der Waals surface area contributed by atoms with Crippen LogP contribution >= 0.6 is 0 Å². The first-order valence-corrected chi connectivity index (χ1v) is 5.25. The topological polar surface area (TPSA) is 24.9 Å². The van der Waals surface area contributed by atoms with Gasteiger partial charge in [0.25, 0.3) is 0 Å². The molecule has 0 saturated heterocycles. The molecule has 2 nitrogen and oxygen atoms in total. The molecule has 1 N–H and O–H groups in total. The molecular formula is C12H13F3N2. The Balaban J connectivity index is 2.56. The number of alkyl halides is 3. The Kier molecular flexibility index (Phi) is 4.83. The number of nitrogens with zero attached hydrogens (tertiary/aromatic N) is 1. The summed E-state index contributed by atoms with van der Waals surface area (Å²) in [4.78, 5) is 3.69. The van der Waals surface area contributed by atoms with E-state index in [2.05, 4.69) is 16.2 Å². The van der Waals surface area contributed by atoms with Crippen LogP contribution in [0, 0.1) is 12.3 Å². The molecule has 92 valence electrons. The Hall–Kier alpha value is -1.70. The molecule has 1 rings (SSSR count). The van der Waals surface area contributed by atoms with E-state index in [1.807, 2.05) is 0 Å². The molecule has 0 unspecified atom stereocenters. The van der Waals surface area contributed by atoms with Crippen molar-refractivity contribution in [3.8, 4) is 12.3 Å². The maximum atomic E-state index is 12.6. The summed E-state index contributed by atoms with van der Waals surface area (Å²) in [6.07, 6.45) is 4.17. The van der Waals surface area contributed by atoms with Crippen LogP contribution in [-0.4, -0.2) is 11.5 Å². The van der Waals surface area contributed by atoms with E-state index >= 15 is 0 Å². The predicted molar refractivity (Wildman–Crippen MR) is 60.4 cm³/mol. The van der Waals surface area contributed by atoms with E-state index in [0.29, 0.717) is 13.0 Å². The largest absolute Gasteiger partial charge is 0.419 e. The monoisotopic (exact) mass is 242 g/mol. The van der Waals surface area contributed by atoms with Gasteiger partial charge in [0.15, 0.2) is 0 Å². The van der Waals surface area contributed by atoms with Gasteiger partial charge in [0.05, 0.1) is 5.56 Å². The maximum Gasteiger partial charge on any atom is 0.419 e. The van der Waals surface area contributed by atoms with Crippen molar-refractivity contribution in [1.29, 1.82) is 0 Å². The van der Waals surface area contributed by atoms with Crippen molar-refractivity contribution < 1.29 is 13.2 Å². The molecule has 1 heterocycles. The van der Waals surface area contributed by atoms with E-state index in [-0.39, 0.29) is 5.82 Å². The number of rotatable bonds is 5. The fourth-order valence-electron chi connectivity index (χ4n) is 1.33. The van der Waals surface area contributed by atoms with Gasteiger partial charge < -0.3 is 5.32 Å². The Morgan fingerprint density at radius 3 is 2.76 bits per heavy atom. The number of hydrogen-bond acceptors (Lipinski definition) is 2. The number of unbranched alkanes of at least 4 members (excludes halogenated alkanes) is 2. The van der Waals surface area contributed by atoms with Crippen LogP contribution in [0.5, 0.6) is 0 Å². The number of hydrogen-bond donors (Lipinski definition) is 1. The highest BCUT2D eigenvalue weighted by Gasteiger charge is 2.33. The first kappa shape index (κ1) is 13.4. The summed E-state index contributed by atoms with van der Waals surface area (Å²) in [5.74, 6) is 2.35. The summed E-state index contributed by atoms with van der Waals surface area (Å²) >= 11 is 0. The minimum absolute atomic E-state index is 0.124. The maximum absolute atomic E-state index is 12.6. The average Bonchev–Trinajstić information content (AvgIpc) is 2.28. The number of halogens is 3. The minimum atomic E-state index is -4.38. The molecule has 1 aromatic heterocycles. The number of nitrogens with one attached hydrogen (secondary N) is 1. The first-order chi connectivity index (χ1) is 8.05. The summed E-state index contributed by atoms with van der Waals surface area (Å²) in [6, 6.07) is 2.28. The number of aromatic nitrogens is 1. The van der Waals surface area contributed by atoms with Gasteiger partial charge in [-0.15, -0.1) is 12.3 Å². The second-order valence-corrected chi connectivity index (χ2v) is 3.49. The van der Waals surface area contributed by atoms with Crippen LogP contribution in [0.1, 0.15) is 24.8 Å². The molecule has 1 aromatic rings. The molecule has 0 aromatic carbocycles. The van der Waals surface area contributed by atoms with Crippen molar-refractivity contribution in [2.75, 3.05) is 11.9 Å². The predicted octanol–water partition coefficient (Wildman–Crippen LogP) is 3.32. The summed E-state index contributed by atoms with van der Waals surface area (Å²) < 4.78 is 37.7. The number of anilines is 1. The van der Waals surface area contributed by atoms with Gasteiger partial charge in [0.2, 0.25) is 0 Å². The fraction of sp³-hybridized carbons (Fsp3) is 0.417. The Morgan fingerprint density at radius 1 is 1.35 bits per heavy atom. The fourth-order valence-corrected chi connectivity index (χ4v) is 1.33. The van der Waals surface area contributed by atoms with Crippen LogP contribution in [0.3, 0.4) is 0 Å². The highest BCUT2D eigenvalue weighted by molar-refractivity contribution is 5.45. The molecule has 0 aliphatic heterocycles. The second kappa shape index (κ2) is 6.14. The highest BCUT2D eigenvalue weighted by atomic mass is 19.4. The van der Waals surface area contributed by atoms with Crippen molar-refractivity contribution in [1.82, 2.24) is 4.98 Å². The molecule has 0 spiro atoms. The molecule has 0 saturated carbocycles. The van der Waals surface area contributed by atoms with Gasteiger partial charge in [-0.05, 0) is 25.0 Å². The van der Waals surface area contributed by atoms with E-state index in [9.17, 15) is 13.2 Å². The summed E-state index contributed by atoms with van der Waals surface area (Å²) in [7, 11) is 0. The van der Waals surface area contributed by atoms with Crippen LogP contribution in [0.4, 0.5) is 19.0 Å². The zero-order valence-corrected chi connectivity index (χ0v) is 9.22. The molecule has 0 aliphatic rings. The Bertz CT molecular complexity index is 393. The van der Waals surface area contributed by atoms with Gasteiger partial charge in [-0.1, -0.05) is 0 Å². The smallest absolute Gasteiger partial charge is 0.370 e. The highest BCUT2D eigenvalue weighted by Crippen LogP contribution is 2.33. The van der Waals surface area contributed by atoms with E-state index in [0.717, 1.165) is 18.9 Å². The third kappa shape index (κ3) is 4.35. The van der Waals surface area contributed by atoms with E-state index in [4.69, 9.17) is 6.42 Å². The molecule has 0 amide bonds. The lowest BCUT2D eigenvalue weighted by Gasteiger charge is -2.12. The number of pyridine rings is 1. The molecule has 0 aliphatic carbocycles. The molecule has 0 radical (unpaired) electrons. The average molecular weight is 242 g/mol. The van der Waals surface area contributed by atoms with Crippen LogP contribution in [0.2, 0.25) is 0 Å². The standard InChI is InChI=1S/C12H13F3N2/c1-2-3-4-5-8-16-11-10(12(13,14)15)7-6-9-17-11/h1,6-7,9H,3-5,8H2,(H,16,17). The van der Waals surface area contributed by atoms with Crippen LogP contribution in [0.25, 0.3) is 0 Å². The second-order valence-electron chi connectivity index (χ2n) is 3.49. The van der Waals surface area contributed by atoms with Gasteiger partial charge in [-0.3, -0.25) is 0 Å². The number of terminal acetylenes is 1. The van der Waals surface area contributed by atoms with Crippen LogP contribution in [0.15, 0.2) is 18.3 Å². The lowest BCUT2D eigenvalue weighted by atomic mass is 10.2. The summed E-state index contributed by atoms with van der Waals surface area (Å²) in [5.41, 5.74) is -0.739. The van der Waals surface area contributed by atoms with Gasteiger partial charge >= 0.3 is 6.18 Å². The van der Waals surface area contributed by atoms with E-state index in [1.54, 1.807) is 0 Å². The van der Waals surface area contributed by atoms with Crippen molar-refractivity contribution in [3.63, 3.8) is 0 Å². The minimum Gasteiger partial charge on any atom is -0.370 e. The quantitative estimate of drug-likeness (QED) is 0.633. The van der Waals surface area contributed by atoms with E-state index in [1.165, 1.54) is 12.3 Å². The summed E-state index contributed by atoms with van der Waals surface area (Å²) in [6.45, 7) is 0.432. The third-order valence-electron chi connectivity index (χ3n) is 2.15. The Labute approximate surface area is 98.3 Å². The van der Waals surface area contributed by atoms with Gasteiger partial charge in [-0.25, -0.2) is 4.98 Å². The zero-order chi connectivity index (χ0) is 12.7. The van der Waals surface area contributed by atoms with Gasteiger partial charge in [0.1, 0.15) is 5.82 Å². The van der Waals surface area contributed by atoms with Crippen LogP contribution in [-0.2, 0) is 6.18 Å². The van der Waals surface area contributed by atoms with Crippen molar-refractivity contribution >= 4 is 5.82 Å². The molecule has 0 atom stereocenters. The molecule has 5 heteroatoms. The SMILES string of the molecule is C#CCCCCNc1ncccc1C(F)(F)F. The Morgan fingerprint density at radius 2 is 2.12 bits per heavy atom. The molecule has 17 heavy (non-hydrogen) atoms. The molecule has 0 bridgehead atoms. The molecule has 0 fully saturated rings.